The van der Waals surface area contributed by atoms with Crippen LogP contribution in [0.5, 0.6) is 5.75 Å². The molecule has 0 saturated carbocycles. The number of aliphatic hydroxyl groups excluding tert-OH is 1. The van der Waals surface area contributed by atoms with Gasteiger partial charge in [0.15, 0.2) is 6.61 Å². The molecule has 17 heavy (non-hydrogen) atoms. The van der Waals surface area contributed by atoms with Crippen LogP contribution in [0.3, 0.4) is 0 Å². The van der Waals surface area contributed by atoms with Gasteiger partial charge >= 0.3 is 0 Å². The standard InChI is InChI=1S/C11H11FN2O3/c1-7-13-14-11(17-7)6-16-10-3-2-9(12)4-8(10)5-15/h2-4,15H,5-6H2,1H3. The monoisotopic (exact) mass is 238 g/mol. The van der Waals surface area contributed by atoms with E-state index in [2.05, 4.69) is 10.2 Å². The number of nitrogens with zero attached hydrogens (tertiary/aromatic N) is 2. The van der Waals surface area contributed by atoms with Crippen LogP contribution in [-0.4, -0.2) is 15.3 Å². The van der Waals surface area contributed by atoms with Crippen molar-refractivity contribution in [1.82, 2.24) is 10.2 Å². The van der Waals surface area contributed by atoms with Crippen molar-refractivity contribution >= 4 is 0 Å². The first-order valence-corrected chi connectivity index (χ1v) is 5.00. The van der Waals surface area contributed by atoms with Crippen LogP contribution in [0.15, 0.2) is 22.6 Å². The smallest absolute Gasteiger partial charge is 0.253 e. The third kappa shape index (κ3) is 2.79. The highest BCUT2D eigenvalue weighted by atomic mass is 19.1. The second-order valence-electron chi connectivity index (χ2n) is 3.41. The van der Waals surface area contributed by atoms with Gasteiger partial charge in [-0.3, -0.25) is 0 Å². The van der Waals surface area contributed by atoms with Crippen molar-refractivity contribution in [2.45, 2.75) is 20.1 Å². The maximum absolute atomic E-state index is 12.9. The topological polar surface area (TPSA) is 68.4 Å². The summed E-state index contributed by atoms with van der Waals surface area (Å²) in [6.07, 6.45) is 0. The molecule has 0 saturated heterocycles. The van der Waals surface area contributed by atoms with E-state index in [1.54, 1.807) is 6.92 Å². The Morgan fingerprint density at radius 2 is 2.24 bits per heavy atom. The summed E-state index contributed by atoms with van der Waals surface area (Å²) in [4.78, 5) is 0. The molecule has 1 aromatic carbocycles. The van der Waals surface area contributed by atoms with E-state index in [4.69, 9.17) is 14.3 Å². The molecular weight excluding hydrogens is 227 g/mol. The Morgan fingerprint density at radius 1 is 1.41 bits per heavy atom. The number of benzene rings is 1. The van der Waals surface area contributed by atoms with Crippen LogP contribution in [0.1, 0.15) is 17.3 Å². The number of hydrogen-bond donors (Lipinski definition) is 1. The molecule has 1 heterocycles. The third-order valence-corrected chi connectivity index (χ3v) is 2.11. The summed E-state index contributed by atoms with van der Waals surface area (Å²) in [6, 6.07) is 3.92. The van der Waals surface area contributed by atoms with Crippen LogP contribution in [-0.2, 0) is 13.2 Å². The van der Waals surface area contributed by atoms with E-state index >= 15 is 0 Å². The van der Waals surface area contributed by atoms with Crippen molar-refractivity contribution < 1.29 is 18.7 Å². The number of halogens is 1. The zero-order chi connectivity index (χ0) is 12.3. The molecule has 2 rings (SSSR count). The van der Waals surface area contributed by atoms with Crippen molar-refractivity contribution in [1.29, 1.82) is 0 Å². The lowest BCUT2D eigenvalue weighted by Gasteiger charge is -2.07. The fourth-order valence-electron chi connectivity index (χ4n) is 1.35. The molecule has 0 aliphatic carbocycles. The van der Waals surface area contributed by atoms with Gasteiger partial charge in [0.05, 0.1) is 6.61 Å². The largest absolute Gasteiger partial charge is 0.483 e. The van der Waals surface area contributed by atoms with Gasteiger partial charge in [-0.1, -0.05) is 0 Å². The number of rotatable bonds is 4. The van der Waals surface area contributed by atoms with Crippen LogP contribution >= 0.6 is 0 Å². The Labute approximate surface area is 96.9 Å². The molecule has 0 bridgehead atoms. The lowest BCUT2D eigenvalue weighted by Crippen LogP contribution is -1.99. The molecule has 2 aromatic rings. The molecule has 0 radical (unpaired) electrons. The van der Waals surface area contributed by atoms with Crippen LogP contribution in [0.4, 0.5) is 4.39 Å². The summed E-state index contributed by atoms with van der Waals surface area (Å²) < 4.78 is 23.4. The summed E-state index contributed by atoms with van der Waals surface area (Å²) in [5, 5.41) is 16.5. The number of hydrogen-bond acceptors (Lipinski definition) is 5. The Bertz CT molecular complexity index is 513. The molecule has 0 atom stereocenters. The van der Waals surface area contributed by atoms with Gasteiger partial charge in [0.1, 0.15) is 11.6 Å². The molecule has 0 unspecified atom stereocenters. The molecule has 1 N–H and O–H groups in total. The maximum atomic E-state index is 12.9. The van der Waals surface area contributed by atoms with Gasteiger partial charge in [-0.2, -0.15) is 0 Å². The SMILES string of the molecule is Cc1nnc(COc2ccc(F)cc2CO)o1. The van der Waals surface area contributed by atoms with Gasteiger partial charge in [-0.05, 0) is 18.2 Å². The van der Waals surface area contributed by atoms with Crippen molar-refractivity contribution in [3.05, 3.63) is 41.4 Å². The van der Waals surface area contributed by atoms with Crippen LogP contribution in [0, 0.1) is 12.7 Å². The molecular formula is C11H11FN2O3. The Morgan fingerprint density at radius 3 is 2.88 bits per heavy atom. The Balaban J connectivity index is 2.08. The minimum absolute atomic E-state index is 0.0828. The van der Waals surface area contributed by atoms with E-state index in [-0.39, 0.29) is 13.2 Å². The first-order valence-electron chi connectivity index (χ1n) is 5.00. The average molecular weight is 238 g/mol. The molecule has 1 aromatic heterocycles. The lowest BCUT2D eigenvalue weighted by molar-refractivity contribution is 0.239. The Kier molecular flexibility index (Phi) is 3.34. The summed E-state index contributed by atoms with van der Waals surface area (Å²) >= 11 is 0. The minimum Gasteiger partial charge on any atom is -0.483 e. The summed E-state index contributed by atoms with van der Waals surface area (Å²) in [7, 11) is 0. The number of ether oxygens (including phenoxy) is 1. The predicted octanol–water partition coefficient (Wildman–Crippen LogP) is 1.59. The van der Waals surface area contributed by atoms with E-state index in [1.807, 2.05) is 0 Å². The summed E-state index contributed by atoms with van der Waals surface area (Å²) in [5.41, 5.74) is 0.376. The quantitative estimate of drug-likeness (QED) is 0.875. The third-order valence-electron chi connectivity index (χ3n) is 2.11. The van der Waals surface area contributed by atoms with E-state index in [0.29, 0.717) is 23.1 Å². The van der Waals surface area contributed by atoms with E-state index in [9.17, 15) is 4.39 Å². The molecule has 5 nitrogen and oxygen atoms in total. The fraction of sp³-hybridized carbons (Fsp3) is 0.273. The lowest BCUT2D eigenvalue weighted by atomic mass is 10.2. The van der Waals surface area contributed by atoms with Crippen LogP contribution in [0.25, 0.3) is 0 Å². The first kappa shape index (κ1) is 11.5. The second-order valence-corrected chi connectivity index (χ2v) is 3.41. The number of aromatic nitrogens is 2. The van der Waals surface area contributed by atoms with Crippen molar-refractivity contribution in [2.24, 2.45) is 0 Å². The van der Waals surface area contributed by atoms with Gasteiger partial charge in [0, 0.05) is 12.5 Å². The van der Waals surface area contributed by atoms with Gasteiger partial charge in [-0.15, -0.1) is 10.2 Å². The van der Waals surface area contributed by atoms with Gasteiger partial charge < -0.3 is 14.3 Å². The van der Waals surface area contributed by atoms with Gasteiger partial charge in [0.25, 0.3) is 5.89 Å². The molecule has 6 heteroatoms. The molecule has 0 aliphatic rings. The minimum atomic E-state index is -0.421. The van der Waals surface area contributed by atoms with E-state index in [1.165, 1.54) is 18.2 Å². The highest BCUT2D eigenvalue weighted by molar-refractivity contribution is 5.33. The molecule has 0 aliphatic heterocycles. The van der Waals surface area contributed by atoms with Crippen LogP contribution in [0.2, 0.25) is 0 Å². The highest BCUT2D eigenvalue weighted by Gasteiger charge is 2.07. The first-order chi connectivity index (χ1) is 8.19. The Hall–Kier alpha value is -1.95. The summed E-state index contributed by atoms with van der Waals surface area (Å²) in [6.45, 7) is 1.46. The molecule has 0 spiro atoms. The number of aliphatic hydroxyl groups is 1. The van der Waals surface area contributed by atoms with E-state index < -0.39 is 5.82 Å². The normalized spacial score (nSPS) is 10.5. The second kappa shape index (κ2) is 4.92. The van der Waals surface area contributed by atoms with Crippen molar-refractivity contribution in [3.63, 3.8) is 0 Å². The van der Waals surface area contributed by atoms with Gasteiger partial charge in [0.2, 0.25) is 5.89 Å². The van der Waals surface area contributed by atoms with Crippen molar-refractivity contribution in [2.75, 3.05) is 0 Å². The predicted molar refractivity (Wildman–Crippen MR) is 55.7 cm³/mol. The van der Waals surface area contributed by atoms with Gasteiger partial charge in [-0.25, -0.2) is 4.39 Å². The highest BCUT2D eigenvalue weighted by Crippen LogP contribution is 2.20. The zero-order valence-electron chi connectivity index (χ0n) is 9.18. The molecule has 0 fully saturated rings. The average Bonchev–Trinajstić information content (AvgIpc) is 2.73. The van der Waals surface area contributed by atoms with E-state index in [0.717, 1.165) is 0 Å². The number of aryl methyl sites for hydroxylation is 1. The fourth-order valence-corrected chi connectivity index (χ4v) is 1.35. The van der Waals surface area contributed by atoms with Crippen LogP contribution < -0.4 is 4.74 Å². The maximum Gasteiger partial charge on any atom is 0.253 e. The summed E-state index contributed by atoms with van der Waals surface area (Å²) in [5.74, 6) is 0.751. The zero-order valence-corrected chi connectivity index (χ0v) is 9.18. The van der Waals surface area contributed by atoms with Crippen molar-refractivity contribution in [3.8, 4) is 5.75 Å². The molecule has 0 amide bonds. The molecule has 90 valence electrons.